The molecule has 0 aromatic heterocycles. The van der Waals surface area contributed by atoms with Crippen LogP contribution in [-0.4, -0.2) is 6.23 Å². The van der Waals surface area contributed by atoms with Gasteiger partial charge < -0.3 is 4.74 Å². The van der Waals surface area contributed by atoms with Crippen molar-refractivity contribution in [1.29, 1.82) is 5.26 Å². The molecule has 1 rings (SSSR count). The summed E-state index contributed by atoms with van der Waals surface area (Å²) in [5, 5.41) is 8.35. The van der Waals surface area contributed by atoms with E-state index in [0.717, 1.165) is 0 Å². The van der Waals surface area contributed by atoms with Crippen molar-refractivity contribution in [2.24, 2.45) is 5.73 Å². The summed E-state index contributed by atoms with van der Waals surface area (Å²) in [4.78, 5) is 0. The lowest BCUT2D eigenvalue weighted by molar-refractivity contribution is 0.183. The van der Waals surface area contributed by atoms with Crippen LogP contribution >= 0.6 is 0 Å². The van der Waals surface area contributed by atoms with Crippen molar-refractivity contribution in [3.05, 3.63) is 24.0 Å². The van der Waals surface area contributed by atoms with E-state index in [2.05, 4.69) is 0 Å². The molecule has 0 radical (unpaired) electrons. The summed E-state index contributed by atoms with van der Waals surface area (Å²) < 4.78 is 4.79. The molecule has 0 saturated carbocycles. The largest absolute Gasteiger partial charge is 0.478 e. The molecule has 0 saturated heterocycles. The van der Waals surface area contributed by atoms with Crippen molar-refractivity contribution >= 4 is 0 Å². The Balaban J connectivity index is 2.78. The highest BCUT2D eigenvalue weighted by Gasteiger charge is 2.08. The van der Waals surface area contributed by atoms with Gasteiger partial charge in [0, 0.05) is 0 Å². The lowest BCUT2D eigenvalue weighted by Gasteiger charge is -2.11. The molecule has 0 bridgehead atoms. The number of ether oxygens (including phenoxy) is 1. The van der Waals surface area contributed by atoms with Gasteiger partial charge >= 0.3 is 0 Å². The quantitative estimate of drug-likeness (QED) is 0.501. The van der Waals surface area contributed by atoms with E-state index in [1.165, 1.54) is 6.26 Å². The molecule has 3 nitrogen and oxygen atoms in total. The minimum absolute atomic E-state index is 0.456. The Hall–Kier alpha value is -1.27. The normalized spacial score (nSPS) is 24.0. The van der Waals surface area contributed by atoms with Crippen LogP contribution in [0.15, 0.2) is 24.0 Å². The van der Waals surface area contributed by atoms with Crippen LogP contribution in [0.4, 0.5) is 0 Å². The van der Waals surface area contributed by atoms with E-state index >= 15 is 0 Å². The molecule has 0 spiro atoms. The Kier molecular flexibility index (Phi) is 1.52. The van der Waals surface area contributed by atoms with Crippen LogP contribution in [0.25, 0.3) is 0 Å². The second-order valence-corrected chi connectivity index (χ2v) is 1.62. The first-order valence-electron chi connectivity index (χ1n) is 2.52. The average molecular weight is 122 g/mol. The fourth-order valence-corrected chi connectivity index (χ4v) is 0.542. The van der Waals surface area contributed by atoms with Crippen molar-refractivity contribution < 1.29 is 4.74 Å². The van der Waals surface area contributed by atoms with E-state index in [-0.39, 0.29) is 0 Å². The minimum Gasteiger partial charge on any atom is -0.478 e. The number of nitriles is 1. The highest BCUT2D eigenvalue weighted by molar-refractivity contribution is 5.30. The Bertz CT molecular complexity index is 200. The molecule has 1 atom stereocenters. The second-order valence-electron chi connectivity index (χ2n) is 1.62. The van der Waals surface area contributed by atoms with Gasteiger partial charge in [-0.05, 0) is 12.2 Å². The van der Waals surface area contributed by atoms with Gasteiger partial charge in [-0.3, -0.25) is 5.73 Å². The highest BCUT2D eigenvalue weighted by atomic mass is 16.5. The van der Waals surface area contributed by atoms with Crippen LogP contribution in [0.2, 0.25) is 0 Å². The SMILES string of the molecule is N#CC1=CC=COC1N. The van der Waals surface area contributed by atoms with Crippen molar-refractivity contribution in [2.75, 3.05) is 0 Å². The fraction of sp³-hybridized carbons (Fsp3) is 0.167. The third-order valence-electron chi connectivity index (χ3n) is 1.02. The number of allylic oxidation sites excluding steroid dienone is 2. The van der Waals surface area contributed by atoms with Crippen LogP contribution in [-0.2, 0) is 4.74 Å². The average Bonchev–Trinajstić information content (AvgIpc) is 1.89. The van der Waals surface area contributed by atoms with E-state index in [1.54, 1.807) is 12.2 Å². The molecule has 46 valence electrons. The molecule has 1 unspecified atom stereocenters. The van der Waals surface area contributed by atoms with Crippen LogP contribution in [0.1, 0.15) is 0 Å². The monoisotopic (exact) mass is 122 g/mol. The minimum atomic E-state index is -0.569. The van der Waals surface area contributed by atoms with Gasteiger partial charge in [0.15, 0.2) is 6.23 Å². The predicted molar refractivity (Wildman–Crippen MR) is 31.9 cm³/mol. The van der Waals surface area contributed by atoms with Gasteiger partial charge in [0.25, 0.3) is 0 Å². The molecule has 0 fully saturated rings. The van der Waals surface area contributed by atoms with Crippen LogP contribution in [0, 0.1) is 11.3 Å². The molecule has 0 aromatic carbocycles. The van der Waals surface area contributed by atoms with Crippen molar-refractivity contribution in [2.45, 2.75) is 6.23 Å². The predicted octanol–water partition coefficient (Wildman–Crippen LogP) is 0.265. The smallest absolute Gasteiger partial charge is 0.182 e. The lowest BCUT2D eigenvalue weighted by Crippen LogP contribution is -2.24. The Labute approximate surface area is 53.0 Å². The van der Waals surface area contributed by atoms with E-state index < -0.39 is 6.23 Å². The van der Waals surface area contributed by atoms with Gasteiger partial charge in [0.1, 0.15) is 6.07 Å². The number of nitrogens with two attached hydrogens (primary N) is 1. The van der Waals surface area contributed by atoms with E-state index in [4.69, 9.17) is 15.7 Å². The summed E-state index contributed by atoms with van der Waals surface area (Å²) in [6.07, 6.45) is 4.17. The topological polar surface area (TPSA) is 59.0 Å². The number of rotatable bonds is 0. The fourth-order valence-electron chi connectivity index (χ4n) is 0.542. The summed E-state index contributed by atoms with van der Waals surface area (Å²) >= 11 is 0. The zero-order valence-corrected chi connectivity index (χ0v) is 4.74. The first-order chi connectivity index (χ1) is 4.34. The van der Waals surface area contributed by atoms with E-state index in [9.17, 15) is 0 Å². The third kappa shape index (κ3) is 1.09. The number of nitrogens with zero attached hydrogens (tertiary/aromatic N) is 1. The highest BCUT2D eigenvalue weighted by Crippen LogP contribution is 2.05. The van der Waals surface area contributed by atoms with Gasteiger partial charge in [0.05, 0.1) is 11.8 Å². The molecule has 3 heteroatoms. The van der Waals surface area contributed by atoms with Crippen LogP contribution in [0.5, 0.6) is 0 Å². The van der Waals surface area contributed by atoms with Crippen LogP contribution in [0.3, 0.4) is 0 Å². The molecule has 0 aromatic rings. The molecule has 2 N–H and O–H groups in total. The maximum absolute atomic E-state index is 8.35. The molecular weight excluding hydrogens is 116 g/mol. The van der Waals surface area contributed by atoms with Gasteiger partial charge in [-0.25, -0.2) is 0 Å². The molecular formula is C6H6N2O. The number of hydrogen-bond acceptors (Lipinski definition) is 3. The summed E-state index contributed by atoms with van der Waals surface area (Å²) in [5.41, 5.74) is 5.78. The molecule has 0 amide bonds. The molecule has 1 aliphatic heterocycles. The lowest BCUT2D eigenvalue weighted by atomic mass is 10.2. The van der Waals surface area contributed by atoms with Gasteiger partial charge in [-0.15, -0.1) is 0 Å². The Morgan fingerprint density at radius 3 is 3.00 bits per heavy atom. The summed E-state index contributed by atoms with van der Waals surface area (Å²) in [6.45, 7) is 0. The maximum Gasteiger partial charge on any atom is 0.182 e. The summed E-state index contributed by atoms with van der Waals surface area (Å²) in [7, 11) is 0. The molecule has 1 heterocycles. The Morgan fingerprint density at radius 2 is 2.56 bits per heavy atom. The van der Waals surface area contributed by atoms with Crippen molar-refractivity contribution in [3.8, 4) is 6.07 Å². The third-order valence-corrected chi connectivity index (χ3v) is 1.02. The first-order valence-corrected chi connectivity index (χ1v) is 2.52. The van der Waals surface area contributed by atoms with Crippen molar-refractivity contribution in [3.63, 3.8) is 0 Å². The standard InChI is InChI=1S/C6H6N2O/c7-4-5-2-1-3-9-6(5)8/h1-3,6H,8H2. The van der Waals surface area contributed by atoms with Gasteiger partial charge in [0.2, 0.25) is 0 Å². The van der Waals surface area contributed by atoms with E-state index in [0.29, 0.717) is 5.57 Å². The van der Waals surface area contributed by atoms with Gasteiger partial charge in [-0.1, -0.05) is 0 Å². The first kappa shape index (κ1) is 5.86. The summed E-state index contributed by atoms with van der Waals surface area (Å²) in [6, 6.07) is 1.91. The van der Waals surface area contributed by atoms with Crippen molar-refractivity contribution in [1.82, 2.24) is 0 Å². The zero-order chi connectivity index (χ0) is 6.69. The summed E-state index contributed by atoms with van der Waals surface area (Å²) in [5.74, 6) is 0. The number of hydrogen-bond donors (Lipinski definition) is 1. The molecule has 0 aliphatic carbocycles. The molecule has 9 heavy (non-hydrogen) atoms. The maximum atomic E-state index is 8.35. The Morgan fingerprint density at radius 1 is 1.78 bits per heavy atom. The van der Waals surface area contributed by atoms with Crippen LogP contribution < -0.4 is 5.73 Å². The van der Waals surface area contributed by atoms with E-state index in [1.807, 2.05) is 6.07 Å². The van der Waals surface area contributed by atoms with Gasteiger partial charge in [-0.2, -0.15) is 5.26 Å². The molecule has 1 aliphatic rings. The second kappa shape index (κ2) is 2.33. The zero-order valence-electron chi connectivity index (χ0n) is 4.74.